The number of amides is 3. The molecule has 6 heteroatoms. The molecule has 144 valence electrons. The van der Waals surface area contributed by atoms with Crippen LogP contribution in [-0.2, 0) is 4.79 Å². The predicted molar refractivity (Wildman–Crippen MR) is 109 cm³/mol. The Morgan fingerprint density at radius 2 is 1.55 bits per heavy atom. The van der Waals surface area contributed by atoms with Gasteiger partial charge in [0.05, 0.1) is 16.8 Å². The molecular weight excluding hydrogens is 368 g/mol. The number of ether oxygens (including phenoxy) is 1. The lowest BCUT2D eigenvalue weighted by Crippen LogP contribution is -2.29. The van der Waals surface area contributed by atoms with Crippen LogP contribution in [0.3, 0.4) is 0 Å². The van der Waals surface area contributed by atoms with Gasteiger partial charge in [-0.05, 0) is 61.0 Å². The van der Waals surface area contributed by atoms with Gasteiger partial charge in [-0.3, -0.25) is 14.4 Å². The van der Waals surface area contributed by atoms with Gasteiger partial charge in [0, 0.05) is 5.69 Å². The van der Waals surface area contributed by atoms with Crippen molar-refractivity contribution in [3.63, 3.8) is 0 Å². The first-order chi connectivity index (χ1) is 14.0. The van der Waals surface area contributed by atoms with Crippen LogP contribution in [0.25, 0.3) is 0 Å². The molecule has 1 aliphatic heterocycles. The zero-order chi connectivity index (χ0) is 20.4. The summed E-state index contributed by atoms with van der Waals surface area (Å²) in [6.07, 6.45) is 0. The first-order valence-corrected chi connectivity index (χ1v) is 9.10. The van der Waals surface area contributed by atoms with E-state index < -0.39 is 0 Å². The Hall–Kier alpha value is -3.93. The summed E-state index contributed by atoms with van der Waals surface area (Å²) in [6.45, 7) is 1.83. The molecule has 6 nitrogen and oxygen atoms in total. The van der Waals surface area contributed by atoms with Crippen molar-refractivity contribution in [3.05, 3.63) is 89.5 Å². The molecule has 0 radical (unpaired) electrons. The number of hydrogen-bond donors (Lipinski definition) is 1. The van der Waals surface area contributed by atoms with E-state index in [9.17, 15) is 14.4 Å². The zero-order valence-corrected chi connectivity index (χ0v) is 15.7. The van der Waals surface area contributed by atoms with Crippen LogP contribution in [0, 0.1) is 6.92 Å². The van der Waals surface area contributed by atoms with Crippen LogP contribution in [0.5, 0.6) is 5.75 Å². The molecular formula is C23H18N2O4. The standard InChI is InChI=1S/C23H18N2O4/c1-15-5-4-6-18(13-15)29-14-21(26)24-16-9-11-17(12-10-16)25-22(27)19-7-2-3-8-20(19)23(25)28/h2-13H,14H2,1H3,(H,24,26). The number of anilines is 2. The molecule has 0 unspecified atom stereocenters. The summed E-state index contributed by atoms with van der Waals surface area (Å²) < 4.78 is 5.48. The third kappa shape index (κ3) is 3.73. The monoisotopic (exact) mass is 386 g/mol. The van der Waals surface area contributed by atoms with E-state index in [1.165, 1.54) is 0 Å². The first-order valence-electron chi connectivity index (χ1n) is 9.10. The third-order valence-corrected chi connectivity index (χ3v) is 4.56. The molecule has 0 saturated heterocycles. The van der Waals surface area contributed by atoms with Crippen LogP contribution < -0.4 is 15.0 Å². The summed E-state index contributed by atoms with van der Waals surface area (Å²) in [5, 5.41) is 2.73. The zero-order valence-electron chi connectivity index (χ0n) is 15.7. The van der Waals surface area contributed by atoms with Crippen LogP contribution in [0.15, 0.2) is 72.8 Å². The molecule has 0 aliphatic carbocycles. The van der Waals surface area contributed by atoms with Gasteiger partial charge in [0.1, 0.15) is 5.75 Å². The molecule has 0 bridgehead atoms. The lowest BCUT2D eigenvalue weighted by Gasteiger charge is -2.14. The Balaban J connectivity index is 1.40. The second-order valence-electron chi connectivity index (χ2n) is 6.69. The lowest BCUT2D eigenvalue weighted by atomic mass is 10.1. The van der Waals surface area contributed by atoms with Gasteiger partial charge < -0.3 is 10.1 Å². The normalized spacial score (nSPS) is 12.7. The van der Waals surface area contributed by atoms with E-state index in [-0.39, 0.29) is 24.3 Å². The van der Waals surface area contributed by atoms with Crippen LogP contribution in [-0.4, -0.2) is 24.3 Å². The van der Waals surface area contributed by atoms with Crippen LogP contribution >= 0.6 is 0 Å². The fourth-order valence-corrected chi connectivity index (χ4v) is 3.17. The highest BCUT2D eigenvalue weighted by atomic mass is 16.5. The van der Waals surface area contributed by atoms with Crippen molar-refractivity contribution < 1.29 is 19.1 Å². The summed E-state index contributed by atoms with van der Waals surface area (Å²) in [5.41, 5.74) is 2.83. The molecule has 3 aromatic rings. The van der Waals surface area contributed by atoms with Gasteiger partial charge in [0.25, 0.3) is 17.7 Å². The highest BCUT2D eigenvalue weighted by Gasteiger charge is 2.36. The number of aryl methyl sites for hydroxylation is 1. The van der Waals surface area contributed by atoms with E-state index >= 15 is 0 Å². The molecule has 0 aromatic heterocycles. The second kappa shape index (κ2) is 7.59. The number of fused-ring (bicyclic) bond motifs is 1. The molecule has 4 rings (SSSR count). The first kappa shape index (κ1) is 18.4. The summed E-state index contributed by atoms with van der Waals surface area (Å²) >= 11 is 0. The molecule has 3 aromatic carbocycles. The molecule has 29 heavy (non-hydrogen) atoms. The van der Waals surface area contributed by atoms with Gasteiger partial charge in [0.2, 0.25) is 0 Å². The number of imide groups is 1. The minimum absolute atomic E-state index is 0.121. The molecule has 0 spiro atoms. The predicted octanol–water partition coefficient (Wildman–Crippen LogP) is 3.81. The van der Waals surface area contributed by atoms with Crippen molar-refractivity contribution in [2.24, 2.45) is 0 Å². The van der Waals surface area contributed by atoms with Crippen molar-refractivity contribution >= 4 is 29.1 Å². The highest BCUT2D eigenvalue weighted by Crippen LogP contribution is 2.29. The number of hydrogen-bond acceptors (Lipinski definition) is 4. The SMILES string of the molecule is Cc1cccc(OCC(=O)Nc2ccc(N3C(=O)c4ccccc4C3=O)cc2)c1. The van der Waals surface area contributed by atoms with Gasteiger partial charge in [-0.2, -0.15) is 0 Å². The molecule has 1 heterocycles. The molecule has 1 N–H and O–H groups in total. The van der Waals surface area contributed by atoms with Gasteiger partial charge in [-0.15, -0.1) is 0 Å². The van der Waals surface area contributed by atoms with Crippen molar-refractivity contribution in [3.8, 4) is 5.75 Å². The fraction of sp³-hybridized carbons (Fsp3) is 0.0870. The largest absolute Gasteiger partial charge is 0.484 e. The van der Waals surface area contributed by atoms with Crippen molar-refractivity contribution in [2.75, 3.05) is 16.8 Å². The Kier molecular flexibility index (Phi) is 4.83. The number of carbonyl (C=O) groups excluding carboxylic acids is 3. The average Bonchev–Trinajstić information content (AvgIpc) is 2.98. The number of nitrogens with zero attached hydrogens (tertiary/aromatic N) is 1. The fourth-order valence-electron chi connectivity index (χ4n) is 3.17. The summed E-state index contributed by atoms with van der Waals surface area (Å²) in [4.78, 5) is 38.3. The molecule has 1 aliphatic rings. The Bertz CT molecular complexity index is 1070. The lowest BCUT2D eigenvalue weighted by molar-refractivity contribution is -0.118. The van der Waals surface area contributed by atoms with E-state index in [1.54, 1.807) is 54.6 Å². The summed E-state index contributed by atoms with van der Waals surface area (Å²) in [6, 6.07) is 20.7. The topological polar surface area (TPSA) is 75.7 Å². The second-order valence-corrected chi connectivity index (χ2v) is 6.69. The van der Waals surface area contributed by atoms with Crippen molar-refractivity contribution in [1.82, 2.24) is 0 Å². The molecule has 3 amide bonds. The summed E-state index contributed by atoms with van der Waals surface area (Å²) in [5.74, 6) is -0.385. The van der Waals surface area contributed by atoms with E-state index in [2.05, 4.69) is 5.32 Å². The number of carbonyl (C=O) groups is 3. The van der Waals surface area contributed by atoms with E-state index in [0.717, 1.165) is 10.5 Å². The maximum Gasteiger partial charge on any atom is 0.266 e. The van der Waals surface area contributed by atoms with Gasteiger partial charge in [-0.25, -0.2) is 4.90 Å². The minimum Gasteiger partial charge on any atom is -0.484 e. The smallest absolute Gasteiger partial charge is 0.266 e. The maximum atomic E-state index is 12.5. The van der Waals surface area contributed by atoms with Crippen molar-refractivity contribution in [2.45, 2.75) is 6.92 Å². The number of rotatable bonds is 5. The Morgan fingerprint density at radius 1 is 0.897 bits per heavy atom. The van der Waals surface area contributed by atoms with Crippen LogP contribution in [0.1, 0.15) is 26.3 Å². The molecule has 0 atom stereocenters. The number of benzene rings is 3. The molecule has 0 fully saturated rings. The van der Waals surface area contributed by atoms with Crippen LogP contribution in [0.4, 0.5) is 11.4 Å². The third-order valence-electron chi connectivity index (χ3n) is 4.56. The highest BCUT2D eigenvalue weighted by molar-refractivity contribution is 6.34. The van der Waals surface area contributed by atoms with E-state index in [4.69, 9.17) is 4.74 Å². The van der Waals surface area contributed by atoms with E-state index in [1.807, 2.05) is 25.1 Å². The summed E-state index contributed by atoms with van der Waals surface area (Å²) in [7, 11) is 0. The maximum absolute atomic E-state index is 12.5. The quantitative estimate of drug-likeness (QED) is 0.677. The number of nitrogens with one attached hydrogen (secondary N) is 1. The van der Waals surface area contributed by atoms with Gasteiger partial charge in [-0.1, -0.05) is 24.3 Å². The van der Waals surface area contributed by atoms with Gasteiger partial charge >= 0.3 is 0 Å². The average molecular weight is 386 g/mol. The van der Waals surface area contributed by atoms with Gasteiger partial charge in [0.15, 0.2) is 6.61 Å². The Labute approximate surface area is 167 Å². The van der Waals surface area contributed by atoms with Crippen molar-refractivity contribution in [1.29, 1.82) is 0 Å². The molecule has 0 saturated carbocycles. The minimum atomic E-state index is -0.353. The van der Waals surface area contributed by atoms with Crippen LogP contribution in [0.2, 0.25) is 0 Å². The van der Waals surface area contributed by atoms with E-state index in [0.29, 0.717) is 28.3 Å². The Morgan fingerprint density at radius 3 is 2.17 bits per heavy atom.